The van der Waals surface area contributed by atoms with Crippen LogP contribution in [0, 0.1) is 0 Å². The molecule has 6 rings (SSSR count). The quantitative estimate of drug-likeness (QED) is 0.581. The molecule has 2 aromatic heterocycles. The molecule has 12 heteroatoms. The number of halogens is 3. The molecule has 0 aromatic carbocycles. The second-order valence-electron chi connectivity index (χ2n) is 10.9. The average molecular weight is 560 g/mol. The number of carbonyl (C=O) groups is 1. The van der Waals surface area contributed by atoms with Gasteiger partial charge in [-0.2, -0.15) is 13.2 Å². The standard InChI is InChI=1S/C28H32F3N5O4/c29-28(30,31)20-10-22-14-34(7-8-36(22)26(38)11-20)16-25(37)33-12-19-13-35(21-5-9-39-17-21)15-24(19)40-23-4-3-18-2-1-6-32-27(18)23/h1-2,6,10-12,21,23-24H,3-5,7-9,13-17H2,(H,33,37). The van der Waals surface area contributed by atoms with Crippen molar-refractivity contribution >= 4 is 5.91 Å². The van der Waals surface area contributed by atoms with E-state index in [0.29, 0.717) is 38.3 Å². The van der Waals surface area contributed by atoms with Crippen LogP contribution in [0.5, 0.6) is 0 Å². The van der Waals surface area contributed by atoms with E-state index in [1.807, 2.05) is 6.07 Å². The van der Waals surface area contributed by atoms with E-state index in [1.165, 1.54) is 10.1 Å². The summed E-state index contributed by atoms with van der Waals surface area (Å²) in [6.45, 7) is 3.46. The Hall–Kier alpha value is -3.06. The molecule has 2 saturated heterocycles. The van der Waals surface area contributed by atoms with E-state index in [2.05, 4.69) is 21.3 Å². The summed E-state index contributed by atoms with van der Waals surface area (Å²) in [5.41, 5.74) is 1.76. The lowest BCUT2D eigenvalue weighted by molar-refractivity contribution is -0.138. The van der Waals surface area contributed by atoms with Crippen molar-refractivity contribution in [3.8, 4) is 0 Å². The Balaban J connectivity index is 1.12. The minimum atomic E-state index is -4.60. The molecule has 0 spiro atoms. The number of nitrogens with one attached hydrogen (secondary N) is 1. The highest BCUT2D eigenvalue weighted by molar-refractivity contribution is 5.79. The molecule has 214 valence electrons. The van der Waals surface area contributed by atoms with Gasteiger partial charge in [0.2, 0.25) is 5.91 Å². The van der Waals surface area contributed by atoms with E-state index >= 15 is 0 Å². The minimum absolute atomic E-state index is 0.000159. The van der Waals surface area contributed by atoms with E-state index in [0.717, 1.165) is 43.2 Å². The van der Waals surface area contributed by atoms with E-state index < -0.39 is 17.3 Å². The first-order valence-electron chi connectivity index (χ1n) is 13.7. The van der Waals surface area contributed by atoms with Crippen LogP contribution in [0.2, 0.25) is 0 Å². The Morgan fingerprint density at radius 2 is 2.08 bits per heavy atom. The van der Waals surface area contributed by atoms with Gasteiger partial charge < -0.3 is 19.4 Å². The third kappa shape index (κ3) is 5.71. The van der Waals surface area contributed by atoms with Gasteiger partial charge in [0.1, 0.15) is 6.10 Å². The molecule has 3 aliphatic heterocycles. The SMILES string of the molecule is O=C(CN1CCn2c(cc(C(F)(F)F)cc2=O)C1)NC=C1CN(C2CCOC2)CC1OC1CCc2cccnc21. The normalized spacial score (nSPS) is 26.3. The number of aryl methyl sites for hydroxylation is 1. The van der Waals surface area contributed by atoms with Crippen LogP contribution in [-0.2, 0) is 40.0 Å². The Bertz CT molecular complexity index is 1350. The second-order valence-corrected chi connectivity index (χ2v) is 10.9. The van der Waals surface area contributed by atoms with Crippen LogP contribution in [0.25, 0.3) is 0 Å². The van der Waals surface area contributed by atoms with Crippen molar-refractivity contribution in [1.82, 2.24) is 24.7 Å². The summed E-state index contributed by atoms with van der Waals surface area (Å²) in [7, 11) is 0. The van der Waals surface area contributed by atoms with Crippen molar-refractivity contribution in [3.05, 3.63) is 75.1 Å². The number of rotatable bonds is 6. The van der Waals surface area contributed by atoms with Crippen molar-refractivity contribution in [2.45, 2.75) is 56.8 Å². The number of ether oxygens (including phenoxy) is 2. The van der Waals surface area contributed by atoms with Crippen LogP contribution in [0.3, 0.4) is 0 Å². The predicted octanol–water partition coefficient (Wildman–Crippen LogP) is 2.25. The van der Waals surface area contributed by atoms with Gasteiger partial charge >= 0.3 is 6.18 Å². The molecule has 5 heterocycles. The van der Waals surface area contributed by atoms with Crippen molar-refractivity contribution in [2.75, 3.05) is 39.4 Å². The average Bonchev–Trinajstić information content (AvgIpc) is 3.68. The number of hydrogen-bond donors (Lipinski definition) is 1. The van der Waals surface area contributed by atoms with Gasteiger partial charge in [0.15, 0.2) is 0 Å². The summed E-state index contributed by atoms with van der Waals surface area (Å²) in [6.07, 6.45) is 1.35. The lowest BCUT2D eigenvalue weighted by Crippen LogP contribution is -2.43. The highest BCUT2D eigenvalue weighted by atomic mass is 19.4. The van der Waals surface area contributed by atoms with Crippen LogP contribution in [0.15, 0.2) is 47.0 Å². The topological polar surface area (TPSA) is 88.9 Å². The fourth-order valence-electron chi connectivity index (χ4n) is 6.10. The number of alkyl halides is 3. The van der Waals surface area contributed by atoms with Gasteiger partial charge in [-0.3, -0.25) is 24.4 Å². The zero-order valence-corrected chi connectivity index (χ0v) is 22.0. The number of amides is 1. The predicted molar refractivity (Wildman–Crippen MR) is 138 cm³/mol. The minimum Gasteiger partial charge on any atom is -0.380 e. The molecule has 1 N–H and O–H groups in total. The van der Waals surface area contributed by atoms with E-state index in [4.69, 9.17) is 9.47 Å². The van der Waals surface area contributed by atoms with Crippen LogP contribution in [0.4, 0.5) is 13.2 Å². The van der Waals surface area contributed by atoms with Crippen molar-refractivity contribution < 1.29 is 27.4 Å². The van der Waals surface area contributed by atoms with Crippen LogP contribution in [-0.4, -0.2) is 76.8 Å². The summed E-state index contributed by atoms with van der Waals surface area (Å²) >= 11 is 0. The van der Waals surface area contributed by atoms with E-state index in [9.17, 15) is 22.8 Å². The molecule has 3 unspecified atom stereocenters. The molecule has 1 aliphatic carbocycles. The van der Waals surface area contributed by atoms with Gasteiger partial charge in [0.25, 0.3) is 5.56 Å². The molecular formula is C28H32F3N5O4. The van der Waals surface area contributed by atoms with Gasteiger partial charge in [0.05, 0.1) is 30.5 Å². The van der Waals surface area contributed by atoms with Gasteiger partial charge in [0, 0.05) is 69.5 Å². The zero-order chi connectivity index (χ0) is 27.9. The number of fused-ring (bicyclic) bond motifs is 2. The number of hydrogen-bond acceptors (Lipinski definition) is 7. The van der Waals surface area contributed by atoms with E-state index in [-0.39, 0.29) is 43.4 Å². The Kier molecular flexibility index (Phi) is 7.51. The number of pyridine rings is 2. The smallest absolute Gasteiger partial charge is 0.380 e. The van der Waals surface area contributed by atoms with Crippen molar-refractivity contribution in [1.29, 1.82) is 0 Å². The maximum Gasteiger partial charge on any atom is 0.416 e. The van der Waals surface area contributed by atoms with Crippen molar-refractivity contribution in [2.24, 2.45) is 0 Å². The van der Waals surface area contributed by atoms with Crippen LogP contribution in [0.1, 0.15) is 41.5 Å². The molecule has 3 atom stereocenters. The monoisotopic (exact) mass is 559 g/mol. The number of carbonyl (C=O) groups excluding carboxylic acids is 1. The fourth-order valence-corrected chi connectivity index (χ4v) is 6.10. The van der Waals surface area contributed by atoms with Crippen LogP contribution < -0.4 is 10.9 Å². The lowest BCUT2D eigenvalue weighted by Gasteiger charge is -2.29. The molecular weight excluding hydrogens is 527 g/mol. The third-order valence-corrected chi connectivity index (χ3v) is 8.21. The van der Waals surface area contributed by atoms with Gasteiger partial charge in [-0.15, -0.1) is 0 Å². The second kappa shape index (κ2) is 11.1. The first kappa shape index (κ1) is 27.1. The summed E-state index contributed by atoms with van der Waals surface area (Å²) in [5.74, 6) is -0.274. The molecule has 9 nitrogen and oxygen atoms in total. The summed E-state index contributed by atoms with van der Waals surface area (Å²) in [6, 6.07) is 5.94. The lowest BCUT2D eigenvalue weighted by atomic mass is 10.1. The zero-order valence-electron chi connectivity index (χ0n) is 22.0. The molecule has 0 saturated carbocycles. The van der Waals surface area contributed by atoms with Gasteiger partial charge in [-0.25, -0.2) is 0 Å². The highest BCUT2D eigenvalue weighted by Crippen LogP contribution is 2.36. The molecule has 0 bridgehead atoms. The maximum absolute atomic E-state index is 13.2. The summed E-state index contributed by atoms with van der Waals surface area (Å²) in [5, 5.41) is 2.88. The summed E-state index contributed by atoms with van der Waals surface area (Å²) in [4.78, 5) is 33.7. The Morgan fingerprint density at radius 1 is 1.20 bits per heavy atom. The van der Waals surface area contributed by atoms with E-state index in [1.54, 1.807) is 17.3 Å². The molecule has 1 amide bonds. The Labute approximate surface area is 229 Å². The summed E-state index contributed by atoms with van der Waals surface area (Å²) < 4.78 is 53.1. The molecule has 2 aromatic rings. The third-order valence-electron chi connectivity index (χ3n) is 8.21. The van der Waals surface area contributed by atoms with Gasteiger partial charge in [-0.1, -0.05) is 6.07 Å². The first-order chi connectivity index (χ1) is 19.2. The number of nitrogens with zero attached hydrogens (tertiary/aromatic N) is 4. The van der Waals surface area contributed by atoms with Crippen LogP contribution >= 0.6 is 0 Å². The number of likely N-dealkylation sites (tertiary alicyclic amines) is 1. The molecule has 40 heavy (non-hydrogen) atoms. The highest BCUT2D eigenvalue weighted by Gasteiger charge is 2.37. The number of aromatic nitrogens is 2. The Morgan fingerprint density at radius 3 is 2.88 bits per heavy atom. The molecule has 2 fully saturated rings. The fraction of sp³-hybridized carbons (Fsp3) is 0.536. The molecule has 4 aliphatic rings. The largest absolute Gasteiger partial charge is 0.416 e. The van der Waals surface area contributed by atoms with Gasteiger partial charge in [-0.05, 0) is 42.5 Å². The maximum atomic E-state index is 13.2. The van der Waals surface area contributed by atoms with Crippen molar-refractivity contribution in [3.63, 3.8) is 0 Å². The first-order valence-corrected chi connectivity index (χ1v) is 13.7. The molecule has 0 radical (unpaired) electrons.